The minimum atomic E-state index is -0.209. The Kier molecular flexibility index (Phi) is 4.29. The van der Waals surface area contributed by atoms with E-state index in [1.54, 1.807) is 0 Å². The summed E-state index contributed by atoms with van der Waals surface area (Å²) in [6.07, 6.45) is 8.19. The van der Waals surface area contributed by atoms with E-state index < -0.39 is 0 Å². The van der Waals surface area contributed by atoms with E-state index in [1.807, 2.05) is 28.8 Å². The van der Waals surface area contributed by atoms with Gasteiger partial charge in [0.1, 0.15) is 0 Å². The first-order valence-electron chi connectivity index (χ1n) is 6.10. The number of aryl methyl sites for hydroxylation is 1. The highest BCUT2D eigenvalue weighted by molar-refractivity contribution is 8.00. The lowest BCUT2D eigenvalue weighted by Crippen LogP contribution is -2.27. The van der Waals surface area contributed by atoms with Crippen LogP contribution in [0.25, 0.3) is 0 Å². The first kappa shape index (κ1) is 12.0. The third-order valence-electron chi connectivity index (χ3n) is 3.10. The van der Waals surface area contributed by atoms with Gasteiger partial charge >= 0.3 is 0 Å². The molecule has 1 N–H and O–H groups in total. The summed E-state index contributed by atoms with van der Waals surface area (Å²) in [5.74, 6) is 1.20. The van der Waals surface area contributed by atoms with Gasteiger partial charge in [0, 0.05) is 24.4 Å². The molecule has 2 atom stereocenters. The van der Waals surface area contributed by atoms with Crippen LogP contribution in [0, 0.1) is 0 Å². The minimum absolute atomic E-state index is 0.209. The summed E-state index contributed by atoms with van der Waals surface area (Å²) in [6.45, 7) is 2.97. The molecule has 3 nitrogen and oxygen atoms in total. The Bertz CT molecular complexity index is 321. The van der Waals surface area contributed by atoms with E-state index >= 15 is 0 Å². The molecule has 1 aliphatic rings. The molecule has 1 aromatic heterocycles. The molecular formula is C12H20N2OS. The lowest BCUT2D eigenvalue weighted by atomic mass is 10.0. The third kappa shape index (κ3) is 3.01. The van der Waals surface area contributed by atoms with Gasteiger partial charge in [-0.25, -0.2) is 0 Å². The van der Waals surface area contributed by atoms with Crippen molar-refractivity contribution in [2.75, 3.05) is 5.75 Å². The van der Waals surface area contributed by atoms with Crippen LogP contribution in [0.4, 0.5) is 0 Å². The van der Waals surface area contributed by atoms with Crippen molar-refractivity contribution in [2.24, 2.45) is 0 Å². The van der Waals surface area contributed by atoms with Gasteiger partial charge in [0.2, 0.25) is 0 Å². The molecule has 0 radical (unpaired) electrons. The van der Waals surface area contributed by atoms with E-state index in [4.69, 9.17) is 0 Å². The van der Waals surface area contributed by atoms with E-state index in [-0.39, 0.29) is 6.10 Å². The summed E-state index contributed by atoms with van der Waals surface area (Å²) in [6, 6.07) is 0. The van der Waals surface area contributed by atoms with E-state index in [1.165, 1.54) is 18.6 Å². The van der Waals surface area contributed by atoms with Crippen LogP contribution in [0.15, 0.2) is 12.4 Å². The Labute approximate surface area is 101 Å². The number of nitrogens with zero attached hydrogens (tertiary/aromatic N) is 2. The van der Waals surface area contributed by atoms with Crippen molar-refractivity contribution in [3.05, 3.63) is 18.0 Å². The van der Waals surface area contributed by atoms with Crippen molar-refractivity contribution in [2.45, 2.75) is 50.5 Å². The fourth-order valence-electron chi connectivity index (χ4n) is 2.13. The molecule has 1 saturated heterocycles. The number of aliphatic hydroxyl groups excluding tert-OH is 1. The van der Waals surface area contributed by atoms with Gasteiger partial charge < -0.3 is 5.11 Å². The van der Waals surface area contributed by atoms with E-state index in [2.05, 4.69) is 12.0 Å². The third-order valence-corrected chi connectivity index (χ3v) is 4.60. The van der Waals surface area contributed by atoms with Crippen molar-refractivity contribution in [3.63, 3.8) is 0 Å². The number of hydrogen-bond acceptors (Lipinski definition) is 3. The van der Waals surface area contributed by atoms with Gasteiger partial charge in [-0.2, -0.15) is 16.9 Å². The Morgan fingerprint density at radius 3 is 3.12 bits per heavy atom. The highest BCUT2D eigenvalue weighted by Gasteiger charge is 2.22. The molecule has 0 aliphatic carbocycles. The zero-order valence-electron chi connectivity index (χ0n) is 9.80. The normalized spacial score (nSPS) is 23.2. The molecule has 0 spiro atoms. The first-order valence-corrected chi connectivity index (χ1v) is 7.15. The summed E-state index contributed by atoms with van der Waals surface area (Å²) in [7, 11) is 0. The molecular weight excluding hydrogens is 220 g/mol. The summed E-state index contributed by atoms with van der Waals surface area (Å²) in [5.41, 5.74) is 1.15. The average molecular weight is 240 g/mol. The Hall–Kier alpha value is -0.480. The van der Waals surface area contributed by atoms with Crippen molar-refractivity contribution >= 4 is 11.8 Å². The molecule has 0 saturated carbocycles. The van der Waals surface area contributed by atoms with Crippen LogP contribution in [0.2, 0.25) is 0 Å². The number of rotatable bonds is 4. The maximum Gasteiger partial charge on any atom is 0.0700 e. The molecule has 4 heteroatoms. The molecule has 2 heterocycles. The number of thioether (sulfide) groups is 1. The van der Waals surface area contributed by atoms with Crippen molar-refractivity contribution in [3.8, 4) is 0 Å². The molecule has 0 bridgehead atoms. The molecule has 16 heavy (non-hydrogen) atoms. The van der Waals surface area contributed by atoms with Gasteiger partial charge in [-0.05, 0) is 31.1 Å². The summed E-state index contributed by atoms with van der Waals surface area (Å²) < 4.78 is 1.91. The quantitative estimate of drug-likeness (QED) is 0.876. The Balaban J connectivity index is 1.87. The Morgan fingerprint density at radius 2 is 2.50 bits per heavy atom. The maximum atomic E-state index is 10.2. The van der Waals surface area contributed by atoms with Crippen molar-refractivity contribution in [1.82, 2.24) is 9.78 Å². The maximum absolute atomic E-state index is 10.2. The molecule has 2 rings (SSSR count). The van der Waals surface area contributed by atoms with Crippen molar-refractivity contribution < 1.29 is 5.11 Å². The minimum Gasteiger partial charge on any atom is -0.392 e. The number of aliphatic hydroxyl groups is 1. The highest BCUT2D eigenvalue weighted by Crippen LogP contribution is 2.28. The van der Waals surface area contributed by atoms with Crippen LogP contribution in [-0.2, 0) is 13.0 Å². The average Bonchev–Trinajstić information content (AvgIpc) is 2.78. The molecule has 0 aromatic carbocycles. The fourth-order valence-corrected chi connectivity index (χ4v) is 3.45. The van der Waals surface area contributed by atoms with Crippen molar-refractivity contribution in [1.29, 1.82) is 0 Å². The van der Waals surface area contributed by atoms with E-state index in [0.717, 1.165) is 24.9 Å². The lowest BCUT2D eigenvalue weighted by Gasteiger charge is -2.25. The van der Waals surface area contributed by atoms with E-state index in [9.17, 15) is 5.11 Å². The van der Waals surface area contributed by atoms with Crippen LogP contribution in [0.3, 0.4) is 0 Å². The molecule has 2 unspecified atom stereocenters. The molecule has 1 fully saturated rings. The van der Waals surface area contributed by atoms with Crippen LogP contribution >= 0.6 is 11.8 Å². The SMILES string of the molecule is CCn1cc(CC(O)C2CCCCS2)cn1. The Morgan fingerprint density at radius 1 is 1.62 bits per heavy atom. The van der Waals surface area contributed by atoms with E-state index in [0.29, 0.717) is 5.25 Å². The molecule has 0 amide bonds. The predicted molar refractivity (Wildman–Crippen MR) is 67.7 cm³/mol. The largest absolute Gasteiger partial charge is 0.392 e. The number of aromatic nitrogens is 2. The van der Waals surface area contributed by atoms with Gasteiger partial charge in [0.25, 0.3) is 0 Å². The summed E-state index contributed by atoms with van der Waals surface area (Å²) in [4.78, 5) is 0. The molecule has 1 aromatic rings. The monoisotopic (exact) mass is 240 g/mol. The van der Waals surface area contributed by atoms with Crippen LogP contribution in [-0.4, -0.2) is 32.0 Å². The topological polar surface area (TPSA) is 38.0 Å². The first-order chi connectivity index (χ1) is 7.79. The van der Waals surface area contributed by atoms with Gasteiger partial charge in [-0.3, -0.25) is 4.68 Å². The van der Waals surface area contributed by atoms with Crippen LogP contribution in [0.1, 0.15) is 31.7 Å². The van der Waals surface area contributed by atoms with Gasteiger partial charge in [0.15, 0.2) is 0 Å². The van der Waals surface area contributed by atoms with Crippen LogP contribution in [0.5, 0.6) is 0 Å². The van der Waals surface area contributed by atoms with Crippen LogP contribution < -0.4 is 0 Å². The fraction of sp³-hybridized carbons (Fsp3) is 0.750. The smallest absolute Gasteiger partial charge is 0.0700 e. The number of hydrogen-bond donors (Lipinski definition) is 1. The van der Waals surface area contributed by atoms with Gasteiger partial charge in [0.05, 0.1) is 12.3 Å². The summed E-state index contributed by atoms with van der Waals surface area (Å²) >= 11 is 1.93. The molecule has 1 aliphatic heterocycles. The van der Waals surface area contributed by atoms with Gasteiger partial charge in [-0.15, -0.1) is 0 Å². The molecule has 90 valence electrons. The van der Waals surface area contributed by atoms with Gasteiger partial charge in [-0.1, -0.05) is 6.42 Å². The summed E-state index contributed by atoms with van der Waals surface area (Å²) in [5, 5.41) is 14.8. The standard InChI is InChI=1S/C12H20N2OS/c1-2-14-9-10(8-13-14)7-11(15)12-5-3-4-6-16-12/h8-9,11-12,15H,2-7H2,1H3. The highest BCUT2D eigenvalue weighted by atomic mass is 32.2. The second-order valence-corrected chi connectivity index (χ2v) is 5.73. The second kappa shape index (κ2) is 5.73. The zero-order chi connectivity index (χ0) is 11.4. The zero-order valence-corrected chi connectivity index (χ0v) is 10.6. The second-order valence-electron chi connectivity index (χ2n) is 4.38. The predicted octanol–water partition coefficient (Wildman–Crippen LogP) is 2.09. The lowest BCUT2D eigenvalue weighted by molar-refractivity contribution is 0.166.